The van der Waals surface area contributed by atoms with Crippen LogP contribution in [0.2, 0.25) is 0 Å². The highest BCUT2D eigenvalue weighted by atomic mass is 16.5. The van der Waals surface area contributed by atoms with E-state index in [4.69, 9.17) is 26.7 Å². The lowest BCUT2D eigenvalue weighted by molar-refractivity contribution is -0.145. The minimum absolute atomic E-state index is 0.0465. The molecule has 17 nitrogen and oxygen atoms in total. The zero-order chi connectivity index (χ0) is 25.7. The molecule has 0 aromatic carbocycles. The molecular weight excluding hydrogens is 468 g/mol. The van der Waals surface area contributed by atoms with E-state index < -0.39 is 60.6 Å². The van der Waals surface area contributed by atoms with Gasteiger partial charge in [0.1, 0.15) is 24.9 Å². The van der Waals surface area contributed by atoms with Crippen molar-refractivity contribution in [1.29, 1.82) is 0 Å². The zero-order valence-corrected chi connectivity index (χ0v) is 18.3. The molecule has 5 atom stereocenters. The summed E-state index contributed by atoms with van der Waals surface area (Å²) in [4.78, 5) is 38.9. The van der Waals surface area contributed by atoms with Gasteiger partial charge in [-0.15, -0.1) is 0 Å². The van der Waals surface area contributed by atoms with E-state index in [1.54, 1.807) is 12.3 Å². The summed E-state index contributed by atoms with van der Waals surface area (Å²) in [5, 5.41) is 37.2. The number of carboxylic acid groups (broad SMARTS) is 1. The molecule has 0 radical (unpaired) electrons. The van der Waals surface area contributed by atoms with Crippen molar-refractivity contribution >= 4 is 23.8 Å². The molecule has 3 heterocycles. The Morgan fingerprint density at radius 2 is 2.06 bits per heavy atom. The van der Waals surface area contributed by atoms with E-state index in [0.29, 0.717) is 0 Å². The number of nitrogen functional groups attached to an aromatic ring is 1. The van der Waals surface area contributed by atoms with Crippen molar-refractivity contribution in [3.05, 3.63) is 30.3 Å². The van der Waals surface area contributed by atoms with Crippen LogP contribution in [0.4, 0.5) is 5.95 Å². The molecule has 35 heavy (non-hydrogen) atoms. The van der Waals surface area contributed by atoms with Crippen LogP contribution in [0.3, 0.4) is 0 Å². The van der Waals surface area contributed by atoms with Crippen molar-refractivity contribution in [2.45, 2.75) is 37.3 Å². The van der Waals surface area contributed by atoms with E-state index in [0.717, 1.165) is 6.08 Å². The number of carbonyl (C=O) groups is 2. The SMILES string of the molecule is CC(=O)N[C@H]1[C@H]([C@H](O)[C@H](O)COc2nc(N)nc(-n3cccn3)n2)OC(C(=O)O)=C[C@@H]1N=C(N)N. The van der Waals surface area contributed by atoms with Gasteiger partial charge in [-0.25, -0.2) is 14.5 Å². The highest BCUT2D eigenvalue weighted by Gasteiger charge is 2.44. The number of nitrogens with one attached hydrogen (secondary N) is 1. The number of aromatic nitrogens is 5. The maximum atomic E-state index is 11.7. The van der Waals surface area contributed by atoms with Crippen molar-refractivity contribution in [1.82, 2.24) is 30.0 Å². The van der Waals surface area contributed by atoms with Gasteiger partial charge in [0.15, 0.2) is 5.96 Å². The van der Waals surface area contributed by atoms with Crippen molar-refractivity contribution in [3.8, 4) is 12.0 Å². The number of amides is 1. The van der Waals surface area contributed by atoms with Crippen molar-refractivity contribution in [3.63, 3.8) is 0 Å². The lowest BCUT2D eigenvalue weighted by Gasteiger charge is -2.38. The van der Waals surface area contributed by atoms with Gasteiger partial charge in [0.2, 0.25) is 17.6 Å². The predicted octanol–water partition coefficient (Wildman–Crippen LogP) is -3.75. The first-order valence-electron chi connectivity index (χ1n) is 10.0. The summed E-state index contributed by atoms with van der Waals surface area (Å²) >= 11 is 0. The number of nitrogens with zero attached hydrogens (tertiary/aromatic N) is 6. The number of aliphatic hydroxyl groups excluding tert-OH is 2. The Hall–Kier alpha value is -4.51. The molecule has 0 spiro atoms. The smallest absolute Gasteiger partial charge is 0.370 e. The van der Waals surface area contributed by atoms with Crippen LogP contribution in [-0.2, 0) is 14.3 Å². The molecule has 1 aliphatic heterocycles. The fourth-order valence-electron chi connectivity index (χ4n) is 3.20. The quantitative estimate of drug-likeness (QED) is 0.131. The van der Waals surface area contributed by atoms with Gasteiger partial charge < -0.3 is 47.3 Å². The van der Waals surface area contributed by atoms with Gasteiger partial charge in [0.25, 0.3) is 5.95 Å². The average Bonchev–Trinajstić information content (AvgIpc) is 3.32. The summed E-state index contributed by atoms with van der Waals surface area (Å²) in [5.74, 6) is -3.15. The summed E-state index contributed by atoms with van der Waals surface area (Å²) in [5.41, 5.74) is 16.5. The van der Waals surface area contributed by atoms with E-state index in [1.165, 1.54) is 17.8 Å². The molecule has 17 heteroatoms. The first-order chi connectivity index (χ1) is 16.5. The van der Waals surface area contributed by atoms with Gasteiger partial charge in [0.05, 0.1) is 12.1 Å². The number of aliphatic imine (C=N–C) groups is 1. The van der Waals surface area contributed by atoms with Crippen LogP contribution in [0.25, 0.3) is 5.95 Å². The number of carboxylic acids is 1. The number of hydrogen-bond donors (Lipinski definition) is 7. The second-order valence-electron chi connectivity index (χ2n) is 7.29. The van der Waals surface area contributed by atoms with Gasteiger partial charge in [0, 0.05) is 19.3 Å². The van der Waals surface area contributed by atoms with Crippen molar-refractivity contribution in [2.75, 3.05) is 12.3 Å². The summed E-state index contributed by atoms with van der Waals surface area (Å²) in [6.45, 7) is 0.614. The number of aliphatic hydroxyl groups is 2. The third kappa shape index (κ3) is 6.30. The van der Waals surface area contributed by atoms with Crippen LogP contribution in [0.1, 0.15) is 6.92 Å². The first kappa shape index (κ1) is 25.1. The van der Waals surface area contributed by atoms with E-state index in [9.17, 15) is 24.9 Å². The van der Waals surface area contributed by atoms with Gasteiger partial charge in [-0.1, -0.05) is 0 Å². The topological polar surface area (TPSA) is 272 Å². The Balaban J connectivity index is 1.79. The molecule has 0 saturated heterocycles. The fraction of sp³-hybridized carbons (Fsp3) is 0.389. The van der Waals surface area contributed by atoms with Crippen molar-refractivity contribution in [2.24, 2.45) is 16.5 Å². The summed E-state index contributed by atoms with van der Waals surface area (Å²) in [6.07, 6.45) is -0.818. The highest BCUT2D eigenvalue weighted by molar-refractivity contribution is 5.85. The molecule has 0 bridgehead atoms. The Bertz CT molecular complexity index is 1120. The fourth-order valence-corrected chi connectivity index (χ4v) is 3.20. The molecule has 0 aliphatic carbocycles. The molecule has 1 aliphatic rings. The number of guanidine groups is 1. The van der Waals surface area contributed by atoms with Gasteiger partial charge >= 0.3 is 12.0 Å². The second kappa shape index (κ2) is 10.6. The number of aliphatic carboxylic acids is 1. The standard InChI is InChI=1S/C18H24N10O7/c1-7(29)23-11-8(24-15(19)20)5-10(14(32)33)35-13(11)12(31)9(30)6-34-18-26-16(21)25-17(27-18)28-4-2-3-22-28/h2-5,8-9,11-13,30-31H,6H2,1H3,(H,23,29)(H,32,33)(H4,19,20,24)(H2,21,25,26,27)/t8-,9+,11+,12+,13+/m0/s1. The van der Waals surface area contributed by atoms with E-state index in [2.05, 4.69) is 30.4 Å². The third-order valence-electron chi connectivity index (χ3n) is 4.63. The Morgan fingerprint density at radius 3 is 2.66 bits per heavy atom. The third-order valence-corrected chi connectivity index (χ3v) is 4.63. The maximum Gasteiger partial charge on any atom is 0.370 e. The molecule has 3 rings (SSSR count). The van der Waals surface area contributed by atoms with Crippen LogP contribution < -0.4 is 27.3 Å². The number of hydrogen-bond acceptors (Lipinski definition) is 12. The lowest BCUT2D eigenvalue weighted by atomic mass is 9.92. The van der Waals surface area contributed by atoms with Crippen LogP contribution in [-0.4, -0.2) is 94.9 Å². The van der Waals surface area contributed by atoms with Crippen LogP contribution >= 0.6 is 0 Å². The Kier molecular flexibility index (Phi) is 7.62. The molecule has 10 N–H and O–H groups in total. The minimum Gasteiger partial charge on any atom is -0.478 e. The zero-order valence-electron chi connectivity index (χ0n) is 18.3. The van der Waals surface area contributed by atoms with Crippen LogP contribution in [0.15, 0.2) is 35.3 Å². The number of carbonyl (C=O) groups excluding carboxylic acids is 1. The molecule has 188 valence electrons. The normalized spacial score (nSPS) is 21.1. The molecule has 0 fully saturated rings. The Labute approximate surface area is 197 Å². The van der Waals surface area contributed by atoms with Crippen molar-refractivity contribution < 1.29 is 34.4 Å². The van der Waals surface area contributed by atoms with E-state index >= 15 is 0 Å². The van der Waals surface area contributed by atoms with Gasteiger partial charge in [-0.3, -0.25) is 4.79 Å². The summed E-state index contributed by atoms with van der Waals surface area (Å²) in [6, 6.07) is -0.897. The van der Waals surface area contributed by atoms with E-state index in [1.807, 2.05) is 0 Å². The molecule has 1 amide bonds. The monoisotopic (exact) mass is 492 g/mol. The number of ether oxygens (including phenoxy) is 2. The minimum atomic E-state index is -1.78. The average molecular weight is 492 g/mol. The summed E-state index contributed by atoms with van der Waals surface area (Å²) < 4.78 is 12.0. The first-order valence-corrected chi connectivity index (χ1v) is 10.0. The molecule has 0 unspecified atom stereocenters. The number of anilines is 1. The van der Waals surface area contributed by atoms with E-state index in [-0.39, 0.29) is 17.9 Å². The van der Waals surface area contributed by atoms with Crippen LogP contribution in [0.5, 0.6) is 6.01 Å². The Morgan fingerprint density at radius 1 is 1.31 bits per heavy atom. The summed E-state index contributed by atoms with van der Waals surface area (Å²) in [7, 11) is 0. The predicted molar refractivity (Wildman–Crippen MR) is 117 cm³/mol. The van der Waals surface area contributed by atoms with Gasteiger partial charge in [-0.05, 0) is 12.1 Å². The second-order valence-corrected chi connectivity index (χ2v) is 7.29. The molecule has 2 aromatic rings. The van der Waals surface area contributed by atoms with Gasteiger partial charge in [-0.2, -0.15) is 20.1 Å². The number of rotatable bonds is 9. The van der Waals surface area contributed by atoms with Crippen LogP contribution in [0, 0.1) is 0 Å². The molecular formula is C18H24N10O7. The molecule has 2 aromatic heterocycles. The number of nitrogens with two attached hydrogens (primary N) is 3. The lowest BCUT2D eigenvalue weighted by Crippen LogP contribution is -2.60. The molecule has 0 saturated carbocycles. The maximum absolute atomic E-state index is 11.7. The largest absolute Gasteiger partial charge is 0.478 e. The highest BCUT2D eigenvalue weighted by Crippen LogP contribution is 2.25.